The molecule has 128 valence electrons. The summed E-state index contributed by atoms with van der Waals surface area (Å²) in [5.74, 6) is -1.18. The van der Waals surface area contributed by atoms with E-state index in [-0.39, 0.29) is 23.4 Å². The third kappa shape index (κ3) is 4.11. The fourth-order valence-corrected chi connectivity index (χ4v) is 3.19. The number of benzene rings is 2. The number of nitrogens with one attached hydrogen (secondary N) is 2. The summed E-state index contributed by atoms with van der Waals surface area (Å²) in [4.78, 5) is 15.1. The Balaban J connectivity index is 1.86. The molecule has 0 aliphatic carbocycles. The highest BCUT2D eigenvalue weighted by Crippen LogP contribution is 2.22. The molecule has 2 aromatic carbocycles. The number of pyridine rings is 1. The second-order valence-electron chi connectivity index (χ2n) is 5.29. The predicted octanol–water partition coefficient (Wildman–Crippen LogP) is 2.38. The highest BCUT2D eigenvalue weighted by Gasteiger charge is 2.14. The zero-order valence-corrected chi connectivity index (χ0v) is 13.8. The molecule has 0 fully saturated rings. The number of carboxylic acids is 1. The van der Waals surface area contributed by atoms with Crippen LogP contribution in [-0.4, -0.2) is 24.5 Å². The van der Waals surface area contributed by atoms with Crippen molar-refractivity contribution in [2.75, 3.05) is 4.72 Å². The largest absolute Gasteiger partial charge is 0.477 e. The van der Waals surface area contributed by atoms with Crippen molar-refractivity contribution in [2.45, 2.75) is 6.54 Å². The number of aromatic carboxylic acids is 1. The van der Waals surface area contributed by atoms with Crippen LogP contribution in [0.15, 0.2) is 60.7 Å². The zero-order chi connectivity index (χ0) is 17.9. The molecule has 0 aliphatic heterocycles. The van der Waals surface area contributed by atoms with E-state index in [0.29, 0.717) is 5.39 Å². The van der Waals surface area contributed by atoms with Gasteiger partial charge in [0, 0.05) is 11.9 Å². The maximum atomic E-state index is 12.3. The number of rotatable bonds is 6. The molecule has 8 heteroatoms. The monoisotopic (exact) mass is 357 g/mol. The van der Waals surface area contributed by atoms with Crippen LogP contribution in [0.3, 0.4) is 0 Å². The first-order valence-electron chi connectivity index (χ1n) is 7.39. The van der Waals surface area contributed by atoms with Gasteiger partial charge in [0.15, 0.2) is 0 Å². The number of aromatic nitrogens is 1. The summed E-state index contributed by atoms with van der Waals surface area (Å²) in [6.45, 7) is 0.134. The molecule has 0 atom stereocenters. The average molecular weight is 357 g/mol. The Morgan fingerprint density at radius 1 is 1.00 bits per heavy atom. The fraction of sp³-hybridized carbons (Fsp3) is 0.0588. The lowest BCUT2D eigenvalue weighted by molar-refractivity contribution is 0.0691. The van der Waals surface area contributed by atoms with Gasteiger partial charge in [0.1, 0.15) is 5.69 Å². The topological polar surface area (TPSA) is 108 Å². The Morgan fingerprint density at radius 3 is 2.48 bits per heavy atom. The van der Waals surface area contributed by atoms with Gasteiger partial charge in [-0.3, -0.25) is 4.72 Å². The lowest BCUT2D eigenvalue weighted by Crippen LogP contribution is -2.29. The minimum absolute atomic E-state index is 0.134. The lowest BCUT2D eigenvalue weighted by Gasteiger charge is -2.11. The van der Waals surface area contributed by atoms with Gasteiger partial charge < -0.3 is 5.11 Å². The van der Waals surface area contributed by atoms with E-state index in [1.807, 2.05) is 18.2 Å². The van der Waals surface area contributed by atoms with Crippen molar-refractivity contribution in [3.63, 3.8) is 0 Å². The molecule has 0 spiro atoms. The van der Waals surface area contributed by atoms with E-state index in [1.165, 1.54) is 12.1 Å². The van der Waals surface area contributed by atoms with Crippen molar-refractivity contribution in [1.82, 2.24) is 9.71 Å². The first-order chi connectivity index (χ1) is 11.9. The van der Waals surface area contributed by atoms with Crippen LogP contribution in [0, 0.1) is 0 Å². The Hall–Kier alpha value is -2.97. The first kappa shape index (κ1) is 16.9. The molecule has 0 aliphatic rings. The first-order valence-corrected chi connectivity index (χ1v) is 8.87. The Bertz CT molecular complexity index is 1020. The molecule has 0 radical (unpaired) electrons. The highest BCUT2D eigenvalue weighted by atomic mass is 32.2. The summed E-state index contributed by atoms with van der Waals surface area (Å²) >= 11 is 0. The number of hydrogen-bond donors (Lipinski definition) is 3. The van der Waals surface area contributed by atoms with Crippen LogP contribution in [-0.2, 0) is 16.8 Å². The summed E-state index contributed by atoms with van der Waals surface area (Å²) in [6.07, 6.45) is 0. The van der Waals surface area contributed by atoms with Gasteiger partial charge in [0.05, 0.1) is 11.2 Å². The van der Waals surface area contributed by atoms with Gasteiger partial charge in [0.25, 0.3) is 10.2 Å². The smallest absolute Gasteiger partial charge is 0.354 e. The number of hydrogen-bond acceptors (Lipinski definition) is 4. The van der Waals surface area contributed by atoms with Crippen LogP contribution < -0.4 is 9.44 Å². The number of nitrogens with zero attached hydrogens (tertiary/aromatic N) is 1. The molecule has 1 aromatic heterocycles. The van der Waals surface area contributed by atoms with Crippen LogP contribution >= 0.6 is 0 Å². The molecule has 25 heavy (non-hydrogen) atoms. The van der Waals surface area contributed by atoms with Gasteiger partial charge in [-0.25, -0.2) is 9.78 Å². The number of fused-ring (bicyclic) bond motifs is 1. The van der Waals surface area contributed by atoms with E-state index < -0.39 is 16.2 Å². The minimum atomic E-state index is -3.84. The normalized spacial score (nSPS) is 11.4. The Morgan fingerprint density at radius 2 is 1.76 bits per heavy atom. The van der Waals surface area contributed by atoms with Crippen LogP contribution in [0.5, 0.6) is 0 Å². The summed E-state index contributed by atoms with van der Waals surface area (Å²) in [6, 6.07) is 17.0. The quantitative estimate of drug-likeness (QED) is 0.628. The van der Waals surface area contributed by atoms with E-state index >= 15 is 0 Å². The highest BCUT2D eigenvalue weighted by molar-refractivity contribution is 7.90. The van der Waals surface area contributed by atoms with Crippen LogP contribution in [0.2, 0.25) is 0 Å². The number of para-hydroxylation sites is 1. The maximum Gasteiger partial charge on any atom is 0.354 e. The fourth-order valence-electron chi connectivity index (χ4n) is 2.30. The minimum Gasteiger partial charge on any atom is -0.477 e. The Kier molecular flexibility index (Phi) is 4.64. The molecule has 0 bridgehead atoms. The molecule has 3 N–H and O–H groups in total. The van der Waals surface area contributed by atoms with Crippen LogP contribution in [0.4, 0.5) is 5.69 Å². The average Bonchev–Trinajstić information content (AvgIpc) is 2.60. The van der Waals surface area contributed by atoms with Crippen LogP contribution in [0.1, 0.15) is 16.1 Å². The van der Waals surface area contributed by atoms with E-state index in [9.17, 15) is 13.2 Å². The molecule has 0 saturated heterocycles. The number of anilines is 1. The van der Waals surface area contributed by atoms with Gasteiger partial charge in [-0.15, -0.1) is 0 Å². The number of carbonyl (C=O) groups is 1. The molecule has 0 saturated carbocycles. The third-order valence-corrected chi connectivity index (χ3v) is 4.51. The van der Waals surface area contributed by atoms with Crippen molar-refractivity contribution < 1.29 is 18.3 Å². The number of carboxylic acid groups (broad SMARTS) is 1. The van der Waals surface area contributed by atoms with E-state index in [4.69, 9.17) is 5.11 Å². The summed E-state index contributed by atoms with van der Waals surface area (Å²) in [5.41, 5.74) is 1.14. The molecule has 1 heterocycles. The van der Waals surface area contributed by atoms with E-state index in [2.05, 4.69) is 14.4 Å². The van der Waals surface area contributed by atoms with Crippen molar-refractivity contribution in [3.8, 4) is 0 Å². The second-order valence-corrected chi connectivity index (χ2v) is 6.79. The van der Waals surface area contributed by atoms with Gasteiger partial charge in [-0.1, -0.05) is 48.5 Å². The van der Waals surface area contributed by atoms with Gasteiger partial charge in [-0.2, -0.15) is 13.1 Å². The molecule has 0 unspecified atom stereocenters. The molecule has 3 aromatic rings. The molecule has 0 amide bonds. The summed E-state index contributed by atoms with van der Waals surface area (Å²) < 4.78 is 29.4. The summed E-state index contributed by atoms with van der Waals surface area (Å²) in [5, 5.41) is 9.70. The second kappa shape index (κ2) is 6.88. The zero-order valence-electron chi connectivity index (χ0n) is 13.0. The molecule has 3 rings (SSSR count). The van der Waals surface area contributed by atoms with Crippen molar-refractivity contribution in [3.05, 3.63) is 71.9 Å². The predicted molar refractivity (Wildman–Crippen MR) is 94.5 cm³/mol. The summed E-state index contributed by atoms with van der Waals surface area (Å²) in [7, 11) is -3.84. The molecular formula is C17H15N3O4S. The molecule has 7 nitrogen and oxygen atoms in total. The SMILES string of the molecule is O=C(O)c1ccc2cccc(NS(=O)(=O)NCc3ccccc3)c2n1. The van der Waals surface area contributed by atoms with E-state index in [0.717, 1.165) is 5.56 Å². The maximum absolute atomic E-state index is 12.3. The van der Waals surface area contributed by atoms with Crippen molar-refractivity contribution in [2.24, 2.45) is 0 Å². The lowest BCUT2D eigenvalue weighted by atomic mass is 10.2. The van der Waals surface area contributed by atoms with E-state index in [1.54, 1.807) is 30.3 Å². The standard InChI is InChI=1S/C17H15N3O4S/c21-17(22)15-10-9-13-7-4-8-14(16(13)19-15)20-25(23,24)18-11-12-5-2-1-3-6-12/h1-10,18,20H,11H2,(H,21,22). The Labute approximate surface area is 144 Å². The third-order valence-electron chi connectivity index (χ3n) is 3.49. The van der Waals surface area contributed by atoms with Gasteiger partial charge in [-0.05, 0) is 17.7 Å². The van der Waals surface area contributed by atoms with Gasteiger partial charge in [0.2, 0.25) is 0 Å². The van der Waals surface area contributed by atoms with Gasteiger partial charge >= 0.3 is 5.97 Å². The van der Waals surface area contributed by atoms with Crippen LogP contribution in [0.25, 0.3) is 10.9 Å². The van der Waals surface area contributed by atoms with Crippen molar-refractivity contribution in [1.29, 1.82) is 0 Å². The van der Waals surface area contributed by atoms with Crippen molar-refractivity contribution >= 4 is 32.8 Å². The molecular weight excluding hydrogens is 342 g/mol.